The smallest absolute Gasteiger partial charge is 0.393 e. The third kappa shape index (κ3) is 13.8. The SMILES string of the molecule is CC(O)CCC(=O)c1nc(N)c2ncn([C@@H]3O[C@H](COP(=O)(O)OP(=O)(O)OCC(C)(C)C(O)C(=O)NCCC(=O)NCCS)[C@@H](OP(=O)(O)O)[C@H]3O)c2n1. The molecule has 0 spiro atoms. The van der Waals surface area contributed by atoms with Gasteiger partial charge in [-0.3, -0.25) is 32.5 Å². The largest absolute Gasteiger partial charge is 0.481 e. The molecule has 0 aromatic carbocycles. The number of hydrogen-bond acceptors (Lipinski definition) is 19. The first-order chi connectivity index (χ1) is 25.4. The van der Waals surface area contributed by atoms with Crippen molar-refractivity contribution in [3.63, 3.8) is 0 Å². The van der Waals surface area contributed by atoms with Gasteiger partial charge < -0.3 is 56.0 Å². The first-order valence-corrected chi connectivity index (χ1v) is 21.3. The molecule has 0 radical (unpaired) electrons. The van der Waals surface area contributed by atoms with Crippen molar-refractivity contribution in [2.45, 2.75) is 76.8 Å². The van der Waals surface area contributed by atoms with Crippen LogP contribution in [0.15, 0.2) is 6.33 Å². The van der Waals surface area contributed by atoms with Crippen LogP contribution in [-0.4, -0.2) is 135 Å². The van der Waals surface area contributed by atoms with E-state index in [4.69, 9.17) is 19.5 Å². The van der Waals surface area contributed by atoms with Crippen LogP contribution in [0.1, 0.15) is 56.9 Å². The number of fused-ring (bicyclic) bond motifs is 1. The molecule has 8 atom stereocenters. The Kier molecular flexibility index (Phi) is 16.5. The van der Waals surface area contributed by atoms with Gasteiger partial charge in [0.25, 0.3) is 0 Å². The lowest BCUT2D eigenvalue weighted by molar-refractivity contribution is -0.137. The van der Waals surface area contributed by atoms with Crippen LogP contribution in [-0.2, 0) is 45.9 Å². The molecule has 312 valence electrons. The van der Waals surface area contributed by atoms with Crippen LogP contribution < -0.4 is 16.4 Å². The molecule has 0 bridgehead atoms. The number of nitrogen functional groups attached to an aromatic ring is 1. The molecule has 2 aromatic heterocycles. The van der Waals surface area contributed by atoms with Crippen molar-refractivity contribution in [1.29, 1.82) is 0 Å². The monoisotopic (exact) mass is 867 g/mol. The number of ether oxygens (including phenoxy) is 1. The van der Waals surface area contributed by atoms with E-state index in [1.165, 1.54) is 20.8 Å². The number of aliphatic hydroxyl groups is 3. The Bertz CT molecular complexity index is 1830. The number of rotatable bonds is 22. The van der Waals surface area contributed by atoms with E-state index in [0.29, 0.717) is 12.3 Å². The molecule has 1 aliphatic rings. The van der Waals surface area contributed by atoms with Crippen LogP contribution in [0.5, 0.6) is 0 Å². The molecule has 2 amide bonds. The van der Waals surface area contributed by atoms with Gasteiger partial charge in [-0.05, 0) is 13.3 Å². The molecule has 29 heteroatoms. The van der Waals surface area contributed by atoms with E-state index in [-0.39, 0.29) is 54.5 Å². The number of imidazole rings is 1. The number of carbonyl (C=O) groups excluding carboxylic acids is 3. The van der Waals surface area contributed by atoms with Crippen LogP contribution in [0.4, 0.5) is 5.82 Å². The number of nitrogens with one attached hydrogen (secondary N) is 2. The third-order valence-corrected chi connectivity index (χ3v) is 10.9. The summed E-state index contributed by atoms with van der Waals surface area (Å²) in [4.78, 5) is 88.1. The summed E-state index contributed by atoms with van der Waals surface area (Å²) in [5.74, 6) is -2.23. The molecule has 0 aliphatic carbocycles. The Balaban J connectivity index is 1.69. The summed E-state index contributed by atoms with van der Waals surface area (Å²) in [6.45, 7) is 2.00. The highest BCUT2D eigenvalue weighted by Crippen LogP contribution is 2.61. The number of nitrogens with zero attached hydrogens (tertiary/aromatic N) is 4. The van der Waals surface area contributed by atoms with Gasteiger partial charge in [0.1, 0.15) is 29.9 Å². The minimum atomic E-state index is -5.62. The second kappa shape index (κ2) is 19.3. The van der Waals surface area contributed by atoms with Crippen LogP contribution in [0.3, 0.4) is 0 Å². The van der Waals surface area contributed by atoms with Crippen molar-refractivity contribution < 1.29 is 85.6 Å². The number of hydrogen-bond donors (Lipinski definition) is 11. The Labute approximate surface area is 318 Å². The maximum absolute atomic E-state index is 12.7. The number of aromatic nitrogens is 4. The Morgan fingerprint density at radius 2 is 1.71 bits per heavy atom. The summed E-state index contributed by atoms with van der Waals surface area (Å²) in [5.41, 5.74) is 4.05. The van der Waals surface area contributed by atoms with Gasteiger partial charge in [0, 0.05) is 37.1 Å². The lowest BCUT2D eigenvalue weighted by atomic mass is 9.87. The minimum Gasteiger partial charge on any atom is -0.393 e. The quantitative estimate of drug-likeness (QED) is 0.0371. The number of aliphatic hydroxyl groups excluding tert-OH is 3. The fourth-order valence-corrected chi connectivity index (χ4v) is 7.72. The number of phosphoric acid groups is 3. The first kappa shape index (κ1) is 46.9. The number of phosphoric ester groups is 3. The lowest BCUT2D eigenvalue weighted by Crippen LogP contribution is -2.46. The molecule has 11 N–H and O–H groups in total. The second-order valence-electron chi connectivity index (χ2n) is 12.8. The number of nitrogens with two attached hydrogens (primary N) is 1. The molecular weight excluding hydrogens is 823 g/mol. The standard InChI is InChI=1S/C26H44N7O18P3S/c1-13(34)4-5-14(35)22-31-21(27)17-23(32-22)33(12-30-17)25-18(37)19(50-52(40,41)42)15(49-25)10-47-53(43,44)51-54(45,46)48-11-26(2,3)20(38)24(39)29-7-6-16(36)28-8-9-55/h12-13,15,18-20,25,34,37-38,55H,4-11H2,1-3H3,(H,28,36)(H,29,39)(H,43,44)(H,45,46)(H2,27,31,32)(H2,40,41,42)/t13?,15-,18-,19-,20?,25-/m1/s1. The molecule has 1 aliphatic heterocycles. The molecule has 3 heterocycles. The van der Waals surface area contributed by atoms with Gasteiger partial charge in [0.05, 0.1) is 25.6 Å². The van der Waals surface area contributed by atoms with Gasteiger partial charge >= 0.3 is 23.5 Å². The maximum atomic E-state index is 12.7. The molecule has 3 rings (SSSR count). The minimum absolute atomic E-state index is 0.0735. The fourth-order valence-electron chi connectivity index (χ4n) is 4.78. The van der Waals surface area contributed by atoms with E-state index in [0.717, 1.165) is 10.9 Å². The highest BCUT2D eigenvalue weighted by molar-refractivity contribution is 7.80. The Morgan fingerprint density at radius 1 is 1.05 bits per heavy atom. The van der Waals surface area contributed by atoms with Gasteiger partial charge in [-0.25, -0.2) is 28.6 Å². The Hall–Kier alpha value is -2.48. The van der Waals surface area contributed by atoms with E-state index < -0.39 is 90.5 Å². The molecule has 4 unspecified atom stereocenters. The summed E-state index contributed by atoms with van der Waals surface area (Å²) in [6.07, 6.45) is -9.38. The second-order valence-corrected chi connectivity index (χ2v) is 17.5. The predicted molar refractivity (Wildman–Crippen MR) is 189 cm³/mol. The summed E-state index contributed by atoms with van der Waals surface area (Å²) in [7, 11) is -16.6. The number of ketones is 1. The van der Waals surface area contributed by atoms with Crippen molar-refractivity contribution in [1.82, 2.24) is 30.2 Å². The van der Waals surface area contributed by atoms with Crippen molar-refractivity contribution in [3.05, 3.63) is 12.2 Å². The molecule has 1 fully saturated rings. The van der Waals surface area contributed by atoms with Gasteiger partial charge in [-0.2, -0.15) is 16.9 Å². The van der Waals surface area contributed by atoms with Crippen LogP contribution >= 0.6 is 36.1 Å². The summed E-state index contributed by atoms with van der Waals surface area (Å²) < 4.78 is 62.2. The molecule has 2 aromatic rings. The number of Topliss-reactive ketones (excluding diaryl/α,β-unsaturated/α-hetero) is 1. The zero-order valence-electron chi connectivity index (χ0n) is 29.5. The highest BCUT2D eigenvalue weighted by Gasteiger charge is 2.50. The number of thiol groups is 1. The van der Waals surface area contributed by atoms with Crippen molar-refractivity contribution in [2.24, 2.45) is 5.41 Å². The Morgan fingerprint density at radius 3 is 2.33 bits per heavy atom. The van der Waals surface area contributed by atoms with Crippen LogP contribution in [0, 0.1) is 5.41 Å². The molecule has 1 saturated heterocycles. The lowest BCUT2D eigenvalue weighted by Gasteiger charge is -2.30. The predicted octanol–water partition coefficient (Wildman–Crippen LogP) is -1.32. The van der Waals surface area contributed by atoms with E-state index in [1.54, 1.807) is 0 Å². The molecule has 55 heavy (non-hydrogen) atoms. The molecule has 25 nitrogen and oxygen atoms in total. The number of amides is 2. The molecular formula is C26H44N7O18P3S. The van der Waals surface area contributed by atoms with Crippen molar-refractivity contribution in [2.75, 3.05) is 37.8 Å². The number of anilines is 1. The normalized spacial score (nSPS) is 22.5. The van der Waals surface area contributed by atoms with Crippen LogP contribution in [0.25, 0.3) is 11.2 Å². The highest BCUT2D eigenvalue weighted by atomic mass is 32.1. The van der Waals surface area contributed by atoms with Gasteiger partial charge in [-0.15, -0.1) is 0 Å². The average molecular weight is 868 g/mol. The maximum Gasteiger partial charge on any atom is 0.481 e. The zero-order valence-corrected chi connectivity index (χ0v) is 33.1. The van der Waals surface area contributed by atoms with Gasteiger partial charge in [0.15, 0.2) is 29.3 Å². The topological polar surface area (TPSA) is 384 Å². The van der Waals surface area contributed by atoms with Gasteiger partial charge in [0.2, 0.25) is 11.8 Å². The van der Waals surface area contributed by atoms with Gasteiger partial charge in [-0.1, -0.05) is 13.8 Å². The summed E-state index contributed by atoms with van der Waals surface area (Å²) >= 11 is 3.95. The van der Waals surface area contributed by atoms with E-state index >= 15 is 0 Å². The first-order valence-electron chi connectivity index (χ1n) is 16.1. The number of carbonyl (C=O) groups is 3. The summed E-state index contributed by atoms with van der Waals surface area (Å²) in [5, 5.41) is 35.9. The summed E-state index contributed by atoms with van der Waals surface area (Å²) in [6, 6.07) is 0. The van der Waals surface area contributed by atoms with Crippen molar-refractivity contribution >= 4 is 70.7 Å². The molecule has 0 saturated carbocycles. The van der Waals surface area contributed by atoms with Crippen molar-refractivity contribution in [3.8, 4) is 0 Å². The zero-order chi connectivity index (χ0) is 41.5. The average Bonchev–Trinajstić information content (AvgIpc) is 3.63. The fraction of sp³-hybridized carbons (Fsp3) is 0.692. The van der Waals surface area contributed by atoms with E-state index in [1.807, 2.05) is 0 Å². The van der Waals surface area contributed by atoms with Crippen LogP contribution in [0.2, 0.25) is 0 Å². The van der Waals surface area contributed by atoms with E-state index in [9.17, 15) is 63.0 Å². The third-order valence-electron chi connectivity index (χ3n) is 7.61. The van der Waals surface area contributed by atoms with E-state index in [2.05, 4.69) is 47.0 Å².